The Balaban J connectivity index is 1.98. The van der Waals surface area contributed by atoms with Gasteiger partial charge in [0.05, 0.1) is 0 Å². The fourth-order valence-electron chi connectivity index (χ4n) is 2.98. The lowest BCUT2D eigenvalue weighted by atomic mass is 10.2. The van der Waals surface area contributed by atoms with Crippen LogP contribution in [0.15, 0.2) is 33.9 Å². The maximum absolute atomic E-state index is 12.1. The minimum Gasteiger partial charge on any atom is -0.310 e. The first-order valence-electron chi connectivity index (χ1n) is 7.10. The molecule has 1 aromatic carbocycles. The Labute approximate surface area is 125 Å². The van der Waals surface area contributed by atoms with Crippen LogP contribution in [0.1, 0.15) is 5.56 Å². The van der Waals surface area contributed by atoms with Gasteiger partial charge in [0.15, 0.2) is 11.2 Å². The Kier molecular flexibility index (Phi) is 2.53. The zero-order valence-electron chi connectivity index (χ0n) is 12.3. The minimum atomic E-state index is -0.448. The first-order chi connectivity index (χ1) is 10.6. The van der Waals surface area contributed by atoms with Crippen LogP contribution in [0.5, 0.6) is 0 Å². The van der Waals surface area contributed by atoms with Crippen LogP contribution >= 0.6 is 0 Å². The highest BCUT2D eigenvalue weighted by molar-refractivity contribution is 5.77. The van der Waals surface area contributed by atoms with Crippen LogP contribution < -0.4 is 16.1 Å². The van der Waals surface area contributed by atoms with Gasteiger partial charge in [0.2, 0.25) is 5.95 Å². The number of nitrogens with zero attached hydrogens (tertiary/aromatic N) is 4. The van der Waals surface area contributed by atoms with E-state index in [2.05, 4.69) is 20.9 Å². The molecule has 3 heterocycles. The standard InChI is InChI=1S/C15H15N5O2/c1-9-4-3-5-10(8-9)19-6-7-20-11-12(16-14(19)20)18(2)15(22)17-13(11)21/h3-5,8H,6-7H2,1-2H3,(H,17,21,22). The molecule has 0 fully saturated rings. The number of aryl methyl sites for hydroxylation is 2. The molecule has 7 heteroatoms. The second kappa shape index (κ2) is 4.33. The van der Waals surface area contributed by atoms with E-state index < -0.39 is 5.69 Å². The molecule has 0 saturated carbocycles. The quantitative estimate of drug-likeness (QED) is 0.723. The topological polar surface area (TPSA) is 75.9 Å². The van der Waals surface area contributed by atoms with Gasteiger partial charge in [0.1, 0.15) is 0 Å². The number of anilines is 2. The molecule has 0 saturated heterocycles. The van der Waals surface area contributed by atoms with Crippen LogP contribution in [-0.4, -0.2) is 25.6 Å². The fourth-order valence-corrected chi connectivity index (χ4v) is 2.98. The third kappa shape index (κ3) is 1.65. The van der Waals surface area contributed by atoms with Gasteiger partial charge in [-0.2, -0.15) is 4.98 Å². The number of imidazole rings is 1. The zero-order chi connectivity index (χ0) is 15.4. The maximum atomic E-state index is 12.1. The molecular weight excluding hydrogens is 282 g/mol. The van der Waals surface area contributed by atoms with E-state index in [1.54, 1.807) is 7.05 Å². The van der Waals surface area contributed by atoms with Gasteiger partial charge in [0.25, 0.3) is 5.56 Å². The highest BCUT2D eigenvalue weighted by Gasteiger charge is 2.27. The zero-order valence-corrected chi connectivity index (χ0v) is 12.3. The smallest absolute Gasteiger partial charge is 0.310 e. The number of hydrogen-bond acceptors (Lipinski definition) is 4. The summed E-state index contributed by atoms with van der Waals surface area (Å²) in [7, 11) is 1.61. The first-order valence-corrected chi connectivity index (χ1v) is 7.10. The summed E-state index contributed by atoms with van der Waals surface area (Å²) in [5, 5.41) is 0. The monoisotopic (exact) mass is 297 g/mol. The van der Waals surface area contributed by atoms with E-state index in [4.69, 9.17) is 0 Å². The summed E-state index contributed by atoms with van der Waals surface area (Å²) in [5.74, 6) is 0.701. The minimum absolute atomic E-state index is 0.386. The molecule has 3 aromatic rings. The van der Waals surface area contributed by atoms with E-state index in [1.165, 1.54) is 4.57 Å². The van der Waals surface area contributed by atoms with E-state index in [0.717, 1.165) is 17.8 Å². The van der Waals surface area contributed by atoms with Crippen LogP contribution in [0.4, 0.5) is 11.6 Å². The van der Waals surface area contributed by atoms with Crippen molar-refractivity contribution in [1.29, 1.82) is 0 Å². The number of rotatable bonds is 1. The van der Waals surface area contributed by atoms with Gasteiger partial charge in [-0.1, -0.05) is 12.1 Å². The van der Waals surface area contributed by atoms with Gasteiger partial charge in [-0.25, -0.2) is 4.79 Å². The molecule has 22 heavy (non-hydrogen) atoms. The number of aromatic amines is 1. The second-order valence-corrected chi connectivity index (χ2v) is 5.54. The number of hydrogen-bond donors (Lipinski definition) is 1. The van der Waals surface area contributed by atoms with Crippen LogP contribution in [0.3, 0.4) is 0 Å². The third-order valence-electron chi connectivity index (χ3n) is 4.09. The van der Waals surface area contributed by atoms with Gasteiger partial charge in [-0.15, -0.1) is 0 Å². The van der Waals surface area contributed by atoms with Crippen molar-refractivity contribution in [2.45, 2.75) is 13.5 Å². The lowest BCUT2D eigenvalue weighted by Crippen LogP contribution is -2.29. The van der Waals surface area contributed by atoms with Crippen LogP contribution in [-0.2, 0) is 13.6 Å². The molecule has 1 N–H and O–H groups in total. The third-order valence-corrected chi connectivity index (χ3v) is 4.09. The predicted molar refractivity (Wildman–Crippen MR) is 83.8 cm³/mol. The molecule has 0 bridgehead atoms. The van der Waals surface area contributed by atoms with Crippen LogP contribution in [0, 0.1) is 6.92 Å². The lowest BCUT2D eigenvalue weighted by molar-refractivity contribution is 0.797. The van der Waals surface area contributed by atoms with Crippen molar-refractivity contribution in [3.63, 3.8) is 0 Å². The Morgan fingerprint density at radius 3 is 2.82 bits per heavy atom. The van der Waals surface area contributed by atoms with Crippen molar-refractivity contribution in [1.82, 2.24) is 19.1 Å². The Hall–Kier alpha value is -2.83. The van der Waals surface area contributed by atoms with Crippen LogP contribution in [0.25, 0.3) is 11.2 Å². The van der Waals surface area contributed by atoms with Crippen molar-refractivity contribution in [3.8, 4) is 0 Å². The van der Waals surface area contributed by atoms with Crippen LogP contribution in [0.2, 0.25) is 0 Å². The summed E-state index contributed by atoms with van der Waals surface area (Å²) in [6.45, 7) is 3.46. The summed E-state index contributed by atoms with van der Waals surface area (Å²) in [5.41, 5.74) is 2.24. The molecule has 0 aliphatic carbocycles. The summed E-state index contributed by atoms with van der Waals surface area (Å²) >= 11 is 0. The molecule has 0 atom stereocenters. The molecule has 4 rings (SSSR count). The molecule has 0 amide bonds. The molecule has 1 aliphatic heterocycles. The predicted octanol–water partition coefficient (Wildman–Crippen LogP) is 0.883. The van der Waals surface area contributed by atoms with Crippen molar-refractivity contribution in [2.24, 2.45) is 7.05 Å². The summed E-state index contributed by atoms with van der Waals surface area (Å²) < 4.78 is 3.24. The molecule has 2 aromatic heterocycles. The normalized spacial score (nSPS) is 13.8. The SMILES string of the molecule is Cc1cccc(N2CCn3c2nc2c3c(=O)[nH]c(=O)n2C)c1. The second-order valence-electron chi connectivity index (χ2n) is 5.54. The maximum Gasteiger partial charge on any atom is 0.329 e. The number of benzene rings is 1. The molecule has 7 nitrogen and oxygen atoms in total. The number of fused-ring (bicyclic) bond motifs is 3. The molecule has 0 spiro atoms. The van der Waals surface area contributed by atoms with Gasteiger partial charge < -0.3 is 9.47 Å². The summed E-state index contributed by atoms with van der Waals surface area (Å²) in [6, 6.07) is 8.14. The van der Waals surface area contributed by atoms with Crippen molar-refractivity contribution >= 4 is 22.8 Å². The van der Waals surface area contributed by atoms with E-state index in [0.29, 0.717) is 23.7 Å². The van der Waals surface area contributed by atoms with E-state index in [-0.39, 0.29) is 5.56 Å². The number of H-pyrrole nitrogens is 1. The molecule has 0 radical (unpaired) electrons. The van der Waals surface area contributed by atoms with Gasteiger partial charge in [0, 0.05) is 25.8 Å². The van der Waals surface area contributed by atoms with Crippen molar-refractivity contribution in [3.05, 3.63) is 50.7 Å². The van der Waals surface area contributed by atoms with E-state index in [1.807, 2.05) is 29.7 Å². The molecule has 112 valence electrons. The average Bonchev–Trinajstić information content (AvgIpc) is 3.03. The largest absolute Gasteiger partial charge is 0.329 e. The highest BCUT2D eigenvalue weighted by atomic mass is 16.2. The number of aromatic nitrogens is 4. The Bertz CT molecular complexity index is 1010. The first kappa shape index (κ1) is 12.9. The summed E-state index contributed by atoms with van der Waals surface area (Å²) in [6.07, 6.45) is 0. The van der Waals surface area contributed by atoms with Crippen molar-refractivity contribution < 1.29 is 0 Å². The summed E-state index contributed by atoms with van der Waals surface area (Å²) in [4.78, 5) is 32.8. The fraction of sp³-hybridized carbons (Fsp3) is 0.267. The average molecular weight is 297 g/mol. The molecule has 1 aliphatic rings. The lowest BCUT2D eigenvalue weighted by Gasteiger charge is -2.16. The molecule has 0 unspecified atom stereocenters. The van der Waals surface area contributed by atoms with E-state index >= 15 is 0 Å². The molecular formula is C15H15N5O2. The van der Waals surface area contributed by atoms with Gasteiger partial charge in [-0.3, -0.25) is 14.3 Å². The number of nitrogens with one attached hydrogen (secondary N) is 1. The van der Waals surface area contributed by atoms with Gasteiger partial charge in [-0.05, 0) is 24.6 Å². The van der Waals surface area contributed by atoms with Crippen molar-refractivity contribution in [2.75, 3.05) is 11.4 Å². The van der Waals surface area contributed by atoms with E-state index in [9.17, 15) is 9.59 Å². The Morgan fingerprint density at radius 1 is 1.23 bits per heavy atom. The Morgan fingerprint density at radius 2 is 2.05 bits per heavy atom. The highest BCUT2D eigenvalue weighted by Crippen LogP contribution is 2.31. The van der Waals surface area contributed by atoms with Gasteiger partial charge >= 0.3 is 5.69 Å².